The molecule has 0 unspecified atom stereocenters. The van der Waals surface area contributed by atoms with Crippen LogP contribution in [0.4, 0.5) is 17.6 Å². The third-order valence-corrected chi connectivity index (χ3v) is 2.92. The van der Waals surface area contributed by atoms with E-state index in [-0.39, 0.29) is 0 Å². The predicted molar refractivity (Wildman–Crippen MR) is 53.5 cm³/mol. The minimum absolute atomic E-state index is 0.480. The Kier molecular flexibility index (Phi) is 6.16. The molecule has 1 N–H and O–H groups in total. The van der Waals surface area contributed by atoms with Crippen molar-refractivity contribution in [2.24, 2.45) is 0 Å². The number of hydrogen-bond donors (Lipinski definition) is 1. The van der Waals surface area contributed by atoms with Crippen molar-refractivity contribution >= 4 is 16.1 Å². The molecule has 0 fully saturated rings. The number of carbonyl (C=O) groups excluding carboxylic acids is 1. The second-order valence-electron chi connectivity index (χ2n) is 3.43. The van der Waals surface area contributed by atoms with Crippen LogP contribution in [0, 0.1) is 0 Å². The van der Waals surface area contributed by atoms with Crippen LogP contribution < -0.4 is 0 Å². The average molecular weight is 312 g/mol. The summed E-state index contributed by atoms with van der Waals surface area (Å²) in [6, 6.07) is 0. The highest BCUT2D eigenvalue weighted by atomic mass is 32.2. The summed E-state index contributed by atoms with van der Waals surface area (Å²) in [5.74, 6) is -5.73. The monoisotopic (exact) mass is 312 g/mol. The molecule has 0 spiro atoms. The summed E-state index contributed by atoms with van der Waals surface area (Å²) in [6.07, 6.45) is -2.18. The summed E-state index contributed by atoms with van der Waals surface area (Å²) in [5.41, 5.74) is 0. The summed E-state index contributed by atoms with van der Waals surface area (Å²) in [4.78, 5) is 10.5. The van der Waals surface area contributed by atoms with Crippen LogP contribution in [-0.4, -0.2) is 50.4 Å². The molecule has 0 heterocycles. The minimum Gasteiger partial charge on any atom is -0.467 e. The molecule has 0 aliphatic rings. The van der Waals surface area contributed by atoms with Crippen LogP contribution >= 0.6 is 0 Å². The highest BCUT2D eigenvalue weighted by molar-refractivity contribution is 7.87. The van der Waals surface area contributed by atoms with E-state index in [2.05, 4.69) is 9.47 Å². The number of carbonyl (C=O) groups is 1. The topological polar surface area (TPSA) is 89.9 Å². The maximum atomic E-state index is 12.9. The van der Waals surface area contributed by atoms with Crippen molar-refractivity contribution in [3.05, 3.63) is 0 Å². The van der Waals surface area contributed by atoms with E-state index in [9.17, 15) is 30.8 Å². The van der Waals surface area contributed by atoms with E-state index in [1.54, 1.807) is 0 Å². The SMILES string of the molecule is COC(=O)COCCCC(F)(F)C(F)(F)S(=O)(=O)O. The van der Waals surface area contributed by atoms with Crippen LogP contribution in [0.1, 0.15) is 12.8 Å². The fourth-order valence-corrected chi connectivity index (χ4v) is 1.42. The first-order chi connectivity index (χ1) is 8.45. The first-order valence-electron chi connectivity index (χ1n) is 4.83. The summed E-state index contributed by atoms with van der Waals surface area (Å²) in [5, 5.41) is -5.58. The molecule has 11 heteroatoms. The third kappa shape index (κ3) is 4.91. The van der Waals surface area contributed by atoms with Crippen LogP contribution in [0.3, 0.4) is 0 Å². The maximum absolute atomic E-state index is 12.9. The van der Waals surface area contributed by atoms with Gasteiger partial charge in [0.2, 0.25) is 0 Å². The van der Waals surface area contributed by atoms with Crippen LogP contribution in [0.25, 0.3) is 0 Å². The molecular weight excluding hydrogens is 300 g/mol. The fraction of sp³-hybridized carbons (Fsp3) is 0.875. The molecule has 0 aromatic rings. The summed E-state index contributed by atoms with van der Waals surface area (Å²) < 4.78 is 88.2. The van der Waals surface area contributed by atoms with Gasteiger partial charge in [0.15, 0.2) is 0 Å². The molecule has 0 amide bonds. The number of hydrogen-bond acceptors (Lipinski definition) is 5. The van der Waals surface area contributed by atoms with Gasteiger partial charge in [-0.1, -0.05) is 0 Å². The van der Waals surface area contributed by atoms with Gasteiger partial charge in [-0.3, -0.25) is 4.55 Å². The number of methoxy groups -OCH3 is 1. The normalized spacial score (nSPS) is 13.4. The second-order valence-corrected chi connectivity index (χ2v) is 4.89. The molecule has 0 rings (SSSR count). The molecule has 0 saturated heterocycles. The summed E-state index contributed by atoms with van der Waals surface area (Å²) >= 11 is 0. The standard InChI is InChI=1S/C8H12F4O6S/c1-17-6(13)5-18-4-2-3-7(9,10)8(11,12)19(14,15)16/h2-5H2,1H3,(H,14,15,16). The van der Waals surface area contributed by atoms with Crippen LogP contribution in [0.15, 0.2) is 0 Å². The van der Waals surface area contributed by atoms with Crippen molar-refractivity contribution in [3.8, 4) is 0 Å². The highest BCUT2D eigenvalue weighted by Crippen LogP contribution is 2.41. The average Bonchev–Trinajstić information content (AvgIpc) is 2.26. The Labute approximate surface area is 106 Å². The van der Waals surface area contributed by atoms with Crippen molar-refractivity contribution in [1.29, 1.82) is 0 Å². The van der Waals surface area contributed by atoms with Gasteiger partial charge in [0, 0.05) is 13.0 Å². The Bertz CT molecular complexity index is 407. The van der Waals surface area contributed by atoms with Crippen LogP contribution in [-0.2, 0) is 24.4 Å². The first kappa shape index (κ1) is 18.1. The lowest BCUT2D eigenvalue weighted by molar-refractivity contribution is -0.166. The molecule has 19 heavy (non-hydrogen) atoms. The number of esters is 1. The molecule has 0 atom stereocenters. The molecule has 0 aliphatic heterocycles. The fourth-order valence-electron chi connectivity index (χ4n) is 0.945. The number of halogens is 4. The van der Waals surface area contributed by atoms with Crippen molar-refractivity contribution in [2.45, 2.75) is 24.0 Å². The van der Waals surface area contributed by atoms with E-state index in [4.69, 9.17) is 4.55 Å². The molecule has 0 aromatic heterocycles. The van der Waals surface area contributed by atoms with Gasteiger partial charge in [-0.25, -0.2) is 4.79 Å². The van der Waals surface area contributed by atoms with Crippen LogP contribution in [0.2, 0.25) is 0 Å². The van der Waals surface area contributed by atoms with Crippen molar-refractivity contribution in [2.75, 3.05) is 20.3 Å². The molecule has 0 saturated carbocycles. The Balaban J connectivity index is 4.29. The lowest BCUT2D eigenvalue weighted by Crippen LogP contribution is -2.46. The summed E-state index contributed by atoms with van der Waals surface area (Å²) in [7, 11) is -5.16. The lowest BCUT2D eigenvalue weighted by Gasteiger charge is -2.23. The highest BCUT2D eigenvalue weighted by Gasteiger charge is 2.64. The van der Waals surface area contributed by atoms with Gasteiger partial charge in [0.25, 0.3) is 0 Å². The van der Waals surface area contributed by atoms with Gasteiger partial charge in [-0.05, 0) is 6.42 Å². The van der Waals surface area contributed by atoms with Crippen molar-refractivity contribution < 1.29 is 44.8 Å². The molecule has 114 valence electrons. The zero-order valence-corrected chi connectivity index (χ0v) is 10.6. The van der Waals surface area contributed by atoms with Crippen molar-refractivity contribution in [3.63, 3.8) is 0 Å². The zero-order chi connectivity index (χ0) is 15.3. The molecule has 0 aliphatic carbocycles. The Hall–Kier alpha value is -0.940. The lowest BCUT2D eigenvalue weighted by atomic mass is 10.2. The van der Waals surface area contributed by atoms with Gasteiger partial charge in [-0.15, -0.1) is 0 Å². The predicted octanol–water partition coefficient (Wildman–Crippen LogP) is 1.07. The van der Waals surface area contributed by atoms with E-state index in [1.165, 1.54) is 0 Å². The molecule has 0 bridgehead atoms. The third-order valence-electron chi connectivity index (χ3n) is 1.98. The number of ether oxygens (including phenoxy) is 2. The largest absolute Gasteiger partial charge is 0.467 e. The minimum atomic E-state index is -6.22. The van der Waals surface area contributed by atoms with E-state index in [1.807, 2.05) is 0 Å². The molecule has 0 radical (unpaired) electrons. The van der Waals surface area contributed by atoms with Gasteiger partial charge in [0.1, 0.15) is 6.61 Å². The quantitative estimate of drug-likeness (QED) is 0.312. The van der Waals surface area contributed by atoms with E-state index >= 15 is 0 Å². The smallest absolute Gasteiger partial charge is 0.431 e. The Morgan fingerprint density at radius 2 is 1.79 bits per heavy atom. The van der Waals surface area contributed by atoms with E-state index in [0.717, 1.165) is 7.11 Å². The first-order valence-corrected chi connectivity index (χ1v) is 6.27. The number of rotatable bonds is 8. The maximum Gasteiger partial charge on any atom is 0.431 e. The van der Waals surface area contributed by atoms with Gasteiger partial charge in [-0.2, -0.15) is 26.0 Å². The van der Waals surface area contributed by atoms with Gasteiger partial charge < -0.3 is 9.47 Å². The van der Waals surface area contributed by atoms with E-state index in [0.29, 0.717) is 0 Å². The van der Waals surface area contributed by atoms with E-state index < -0.39 is 53.3 Å². The Morgan fingerprint density at radius 3 is 2.21 bits per heavy atom. The van der Waals surface area contributed by atoms with Gasteiger partial charge >= 0.3 is 27.3 Å². The molecule has 6 nitrogen and oxygen atoms in total. The Morgan fingerprint density at radius 1 is 1.26 bits per heavy atom. The molecule has 0 aromatic carbocycles. The molecular formula is C8H12F4O6S. The second kappa shape index (κ2) is 6.48. The summed E-state index contributed by atoms with van der Waals surface area (Å²) in [6.45, 7) is -1.02. The van der Waals surface area contributed by atoms with Crippen molar-refractivity contribution in [1.82, 2.24) is 0 Å². The zero-order valence-electron chi connectivity index (χ0n) is 9.74. The van der Waals surface area contributed by atoms with Crippen LogP contribution in [0.5, 0.6) is 0 Å². The van der Waals surface area contributed by atoms with Gasteiger partial charge in [0.05, 0.1) is 7.11 Å². The number of alkyl halides is 4.